The third kappa shape index (κ3) is 3.15. The predicted octanol–water partition coefficient (Wildman–Crippen LogP) is 5.13. The number of ether oxygens (including phenoxy) is 1. The van der Waals surface area contributed by atoms with Gasteiger partial charge in [0, 0.05) is 11.6 Å². The van der Waals surface area contributed by atoms with Gasteiger partial charge in [0.05, 0.1) is 5.56 Å². The molecule has 0 radical (unpaired) electrons. The summed E-state index contributed by atoms with van der Waals surface area (Å²) in [6.45, 7) is 0. The van der Waals surface area contributed by atoms with Crippen molar-refractivity contribution in [1.82, 2.24) is 4.98 Å². The van der Waals surface area contributed by atoms with Crippen LogP contribution in [0.1, 0.15) is 10.4 Å². The first-order chi connectivity index (χ1) is 13.0. The number of fused-ring (bicyclic) bond motifs is 1. The van der Waals surface area contributed by atoms with E-state index in [-0.39, 0.29) is 5.75 Å². The summed E-state index contributed by atoms with van der Waals surface area (Å²) in [5.41, 5.74) is 0.949. The van der Waals surface area contributed by atoms with E-state index in [2.05, 4.69) is 4.98 Å². The summed E-state index contributed by atoms with van der Waals surface area (Å²) in [6.07, 6.45) is 0. The lowest BCUT2D eigenvalue weighted by molar-refractivity contribution is 0.0728. The van der Waals surface area contributed by atoms with E-state index in [9.17, 15) is 18.0 Å². The van der Waals surface area contributed by atoms with Crippen molar-refractivity contribution in [3.63, 3.8) is 0 Å². The molecule has 7 heteroatoms. The molecule has 0 spiro atoms. The number of hydrogen-bond donors (Lipinski definition) is 0. The Labute approximate surface area is 150 Å². The summed E-state index contributed by atoms with van der Waals surface area (Å²) in [5, 5.41) is 0. The highest BCUT2D eigenvalue weighted by atomic mass is 19.2. The zero-order chi connectivity index (χ0) is 19.0. The van der Waals surface area contributed by atoms with Crippen molar-refractivity contribution in [1.29, 1.82) is 0 Å². The van der Waals surface area contributed by atoms with Gasteiger partial charge in [0.2, 0.25) is 5.89 Å². The average Bonchev–Trinajstić information content (AvgIpc) is 3.10. The summed E-state index contributed by atoms with van der Waals surface area (Å²) in [4.78, 5) is 16.4. The molecule has 0 bridgehead atoms. The first-order valence-electron chi connectivity index (χ1n) is 7.84. The molecule has 0 amide bonds. The van der Waals surface area contributed by atoms with E-state index >= 15 is 0 Å². The highest BCUT2D eigenvalue weighted by Gasteiger charge is 2.21. The molecule has 0 fully saturated rings. The first kappa shape index (κ1) is 16.8. The molecule has 0 atom stereocenters. The molecule has 0 aliphatic heterocycles. The summed E-state index contributed by atoms with van der Waals surface area (Å²) in [5.74, 6) is -5.45. The fourth-order valence-electron chi connectivity index (χ4n) is 2.52. The van der Waals surface area contributed by atoms with Gasteiger partial charge < -0.3 is 9.15 Å². The Morgan fingerprint density at radius 2 is 1.70 bits per heavy atom. The zero-order valence-corrected chi connectivity index (χ0v) is 13.6. The summed E-state index contributed by atoms with van der Waals surface area (Å²) in [7, 11) is 0. The Balaban J connectivity index is 1.63. The molecule has 0 unspecified atom stereocenters. The van der Waals surface area contributed by atoms with Crippen molar-refractivity contribution in [2.45, 2.75) is 0 Å². The van der Waals surface area contributed by atoms with Gasteiger partial charge >= 0.3 is 5.97 Å². The smallest absolute Gasteiger partial charge is 0.346 e. The molecular formula is C20H10F3NO3. The van der Waals surface area contributed by atoms with Crippen molar-refractivity contribution >= 4 is 17.1 Å². The van der Waals surface area contributed by atoms with Gasteiger partial charge in [-0.15, -0.1) is 0 Å². The third-order valence-corrected chi connectivity index (χ3v) is 3.85. The summed E-state index contributed by atoms with van der Waals surface area (Å²) >= 11 is 0. The molecular weight excluding hydrogens is 359 g/mol. The minimum atomic E-state index is -1.73. The van der Waals surface area contributed by atoms with Gasteiger partial charge in [-0.2, -0.15) is 0 Å². The van der Waals surface area contributed by atoms with E-state index in [0.29, 0.717) is 23.1 Å². The summed E-state index contributed by atoms with van der Waals surface area (Å²) < 4.78 is 50.7. The van der Waals surface area contributed by atoms with E-state index < -0.39 is 29.0 Å². The number of carbonyl (C=O) groups excluding carboxylic acids is 1. The molecule has 0 saturated heterocycles. The number of carbonyl (C=O) groups is 1. The van der Waals surface area contributed by atoms with Crippen LogP contribution in [0.5, 0.6) is 5.75 Å². The minimum absolute atomic E-state index is 0.0485. The zero-order valence-electron chi connectivity index (χ0n) is 13.6. The molecule has 0 N–H and O–H groups in total. The SMILES string of the molecule is O=C(Oc1ccc2nc(-c3ccccc3)oc2c1)c1ccc(F)c(F)c1F. The second-order valence-corrected chi connectivity index (χ2v) is 5.63. The molecule has 4 rings (SSSR count). The number of hydrogen-bond acceptors (Lipinski definition) is 4. The molecule has 0 aliphatic rings. The molecule has 3 aromatic carbocycles. The molecule has 1 aromatic heterocycles. The number of halogens is 3. The molecule has 4 nitrogen and oxygen atoms in total. The average molecular weight is 369 g/mol. The fourth-order valence-corrected chi connectivity index (χ4v) is 2.52. The lowest BCUT2D eigenvalue weighted by atomic mass is 10.2. The maximum absolute atomic E-state index is 13.7. The second kappa shape index (κ2) is 6.60. The largest absolute Gasteiger partial charge is 0.436 e. The Bertz CT molecular complexity index is 1160. The van der Waals surface area contributed by atoms with Crippen LogP contribution in [-0.4, -0.2) is 11.0 Å². The van der Waals surface area contributed by atoms with Crippen LogP contribution in [0.3, 0.4) is 0 Å². The van der Waals surface area contributed by atoms with Crippen molar-refractivity contribution < 1.29 is 27.1 Å². The normalized spacial score (nSPS) is 10.9. The monoisotopic (exact) mass is 369 g/mol. The van der Waals surface area contributed by atoms with Gasteiger partial charge in [0.1, 0.15) is 11.3 Å². The van der Waals surface area contributed by atoms with Crippen LogP contribution in [0, 0.1) is 17.5 Å². The third-order valence-electron chi connectivity index (χ3n) is 3.85. The van der Waals surface area contributed by atoms with Crippen LogP contribution in [0.15, 0.2) is 65.1 Å². The second-order valence-electron chi connectivity index (χ2n) is 5.63. The molecule has 0 aliphatic carbocycles. The topological polar surface area (TPSA) is 52.3 Å². The van der Waals surface area contributed by atoms with Gasteiger partial charge in [0.25, 0.3) is 0 Å². The van der Waals surface area contributed by atoms with Crippen LogP contribution < -0.4 is 4.74 Å². The fraction of sp³-hybridized carbons (Fsp3) is 0. The lowest BCUT2D eigenvalue weighted by Gasteiger charge is -2.05. The first-order valence-corrected chi connectivity index (χ1v) is 7.84. The van der Waals surface area contributed by atoms with Crippen LogP contribution in [0.2, 0.25) is 0 Å². The molecule has 27 heavy (non-hydrogen) atoms. The highest BCUT2D eigenvalue weighted by Crippen LogP contribution is 2.27. The Morgan fingerprint density at radius 3 is 2.48 bits per heavy atom. The predicted molar refractivity (Wildman–Crippen MR) is 90.7 cm³/mol. The quantitative estimate of drug-likeness (QED) is 0.285. The number of oxazole rings is 1. The molecule has 0 saturated carbocycles. The van der Waals surface area contributed by atoms with Crippen molar-refractivity contribution in [3.05, 3.63) is 83.7 Å². The number of rotatable bonds is 3. The van der Waals surface area contributed by atoms with Crippen LogP contribution >= 0.6 is 0 Å². The molecule has 134 valence electrons. The number of nitrogens with zero attached hydrogens (tertiary/aromatic N) is 1. The Morgan fingerprint density at radius 1 is 0.926 bits per heavy atom. The lowest BCUT2D eigenvalue weighted by Crippen LogP contribution is -2.12. The van der Waals surface area contributed by atoms with E-state index in [1.165, 1.54) is 12.1 Å². The van der Waals surface area contributed by atoms with Crippen LogP contribution in [0.25, 0.3) is 22.6 Å². The summed E-state index contributed by atoms with van der Waals surface area (Å²) in [6, 6.07) is 15.1. The number of benzene rings is 3. The van der Waals surface area contributed by atoms with Crippen LogP contribution in [-0.2, 0) is 0 Å². The van der Waals surface area contributed by atoms with Gasteiger partial charge in [-0.3, -0.25) is 0 Å². The van der Waals surface area contributed by atoms with Gasteiger partial charge in [-0.25, -0.2) is 22.9 Å². The Hall–Kier alpha value is -3.61. The van der Waals surface area contributed by atoms with E-state index in [1.54, 1.807) is 6.07 Å². The molecule has 1 heterocycles. The maximum atomic E-state index is 13.7. The van der Waals surface area contributed by atoms with Gasteiger partial charge in [-0.05, 0) is 36.4 Å². The van der Waals surface area contributed by atoms with E-state index in [0.717, 1.165) is 11.6 Å². The van der Waals surface area contributed by atoms with E-state index in [4.69, 9.17) is 9.15 Å². The van der Waals surface area contributed by atoms with Crippen LogP contribution in [0.4, 0.5) is 13.2 Å². The highest BCUT2D eigenvalue weighted by molar-refractivity contribution is 5.92. The maximum Gasteiger partial charge on any atom is 0.346 e. The van der Waals surface area contributed by atoms with Crippen molar-refractivity contribution in [3.8, 4) is 17.2 Å². The van der Waals surface area contributed by atoms with Gasteiger partial charge in [0.15, 0.2) is 23.0 Å². The number of esters is 1. The number of aromatic nitrogens is 1. The van der Waals surface area contributed by atoms with Gasteiger partial charge in [-0.1, -0.05) is 18.2 Å². The van der Waals surface area contributed by atoms with Crippen molar-refractivity contribution in [2.24, 2.45) is 0 Å². The molecule has 4 aromatic rings. The minimum Gasteiger partial charge on any atom is -0.436 e. The Kier molecular flexibility index (Phi) is 4.12. The van der Waals surface area contributed by atoms with E-state index in [1.807, 2.05) is 30.3 Å². The van der Waals surface area contributed by atoms with Crippen molar-refractivity contribution in [2.75, 3.05) is 0 Å². The standard InChI is InChI=1S/C20H10F3NO3/c21-14-8-7-13(17(22)18(14)23)20(25)26-12-6-9-15-16(10-12)27-19(24-15)11-4-2-1-3-5-11/h1-10H.